The number of ether oxygens (including phenoxy) is 1. The van der Waals surface area contributed by atoms with Crippen molar-refractivity contribution in [3.8, 4) is 5.75 Å². The number of carbonyl (C=O) groups excluding carboxylic acids is 1. The van der Waals surface area contributed by atoms with Crippen molar-refractivity contribution < 1.29 is 14.6 Å². The molecule has 0 aromatic heterocycles. The van der Waals surface area contributed by atoms with E-state index in [1.807, 2.05) is 31.2 Å². The number of nitrogens with one attached hydrogen (secondary N) is 1. The maximum absolute atomic E-state index is 12.2. The molecule has 0 radical (unpaired) electrons. The Morgan fingerprint density at radius 2 is 2.21 bits per heavy atom. The first-order chi connectivity index (χ1) is 9.24. The highest BCUT2D eigenvalue weighted by atomic mass is 16.5. The third kappa shape index (κ3) is 3.35. The number of hydrogen-bond donors (Lipinski definition) is 2. The van der Waals surface area contributed by atoms with Crippen LogP contribution in [0.4, 0.5) is 0 Å². The number of rotatable bonds is 5. The number of aliphatic hydroxyl groups excluding tert-OH is 1. The van der Waals surface area contributed by atoms with Gasteiger partial charge < -0.3 is 15.2 Å². The maximum Gasteiger partial charge on any atom is 0.255 e. The van der Waals surface area contributed by atoms with E-state index in [1.165, 1.54) is 0 Å². The monoisotopic (exact) mass is 261 g/mol. The van der Waals surface area contributed by atoms with E-state index in [-0.39, 0.29) is 24.5 Å². The molecule has 0 saturated heterocycles. The number of carbonyl (C=O) groups is 1. The molecule has 1 aromatic rings. The van der Waals surface area contributed by atoms with Gasteiger partial charge in [-0.05, 0) is 25.5 Å². The summed E-state index contributed by atoms with van der Waals surface area (Å²) in [6.07, 6.45) is 4.63. The van der Waals surface area contributed by atoms with E-state index in [0.717, 1.165) is 6.42 Å². The average Bonchev–Trinajstić information content (AvgIpc) is 2.87. The van der Waals surface area contributed by atoms with Gasteiger partial charge in [0, 0.05) is 18.6 Å². The summed E-state index contributed by atoms with van der Waals surface area (Å²) in [6.45, 7) is 2.54. The van der Waals surface area contributed by atoms with Gasteiger partial charge in [-0.1, -0.05) is 24.3 Å². The van der Waals surface area contributed by atoms with Crippen molar-refractivity contribution in [2.45, 2.75) is 19.4 Å². The zero-order valence-electron chi connectivity index (χ0n) is 11.0. The molecule has 2 N–H and O–H groups in total. The number of benzene rings is 1. The molecule has 19 heavy (non-hydrogen) atoms. The first-order valence-electron chi connectivity index (χ1n) is 6.56. The highest BCUT2D eigenvalue weighted by molar-refractivity contribution is 5.97. The minimum absolute atomic E-state index is 0.0145. The standard InChI is InChI=1S/C15H19NO3/c1-2-19-14-6-4-3-5-13(14)15(18)16-12-8-7-11(9-12)10-17/h3-8,11-12,17H,2,9-10H2,1H3,(H,16,18)/t11-,12+/m0/s1. The summed E-state index contributed by atoms with van der Waals surface area (Å²) in [6, 6.07) is 7.19. The van der Waals surface area contributed by atoms with Gasteiger partial charge in [0.05, 0.1) is 12.2 Å². The van der Waals surface area contributed by atoms with Crippen molar-refractivity contribution in [1.82, 2.24) is 5.32 Å². The van der Waals surface area contributed by atoms with Gasteiger partial charge in [0.25, 0.3) is 5.91 Å². The fourth-order valence-electron chi connectivity index (χ4n) is 2.20. The quantitative estimate of drug-likeness (QED) is 0.794. The molecule has 4 heteroatoms. The predicted molar refractivity (Wildman–Crippen MR) is 73.2 cm³/mol. The van der Waals surface area contributed by atoms with Crippen molar-refractivity contribution in [1.29, 1.82) is 0 Å². The molecule has 1 aliphatic rings. The highest BCUT2D eigenvalue weighted by Gasteiger charge is 2.21. The van der Waals surface area contributed by atoms with Crippen molar-refractivity contribution in [2.24, 2.45) is 5.92 Å². The molecule has 0 aliphatic heterocycles. The maximum atomic E-state index is 12.2. The molecule has 2 atom stereocenters. The van der Waals surface area contributed by atoms with E-state index in [2.05, 4.69) is 5.32 Å². The molecule has 0 heterocycles. The minimum atomic E-state index is -0.141. The molecule has 0 bridgehead atoms. The summed E-state index contributed by atoms with van der Waals surface area (Å²) in [5.74, 6) is 0.605. The van der Waals surface area contributed by atoms with Crippen LogP contribution in [-0.2, 0) is 0 Å². The lowest BCUT2D eigenvalue weighted by molar-refractivity contribution is 0.0937. The largest absolute Gasteiger partial charge is 0.493 e. The van der Waals surface area contributed by atoms with Crippen molar-refractivity contribution in [3.63, 3.8) is 0 Å². The van der Waals surface area contributed by atoms with E-state index >= 15 is 0 Å². The van der Waals surface area contributed by atoms with Crippen LogP contribution in [0.25, 0.3) is 0 Å². The SMILES string of the molecule is CCOc1ccccc1C(=O)N[C@@H]1C=C[C@H](CO)C1. The zero-order valence-corrected chi connectivity index (χ0v) is 11.0. The second-order valence-electron chi connectivity index (χ2n) is 4.57. The Bertz CT molecular complexity index is 470. The van der Waals surface area contributed by atoms with Gasteiger partial charge >= 0.3 is 0 Å². The molecule has 0 spiro atoms. The Labute approximate surface area is 113 Å². The second-order valence-corrected chi connectivity index (χ2v) is 4.57. The molecule has 0 saturated carbocycles. The summed E-state index contributed by atoms with van der Waals surface area (Å²) < 4.78 is 5.45. The summed E-state index contributed by atoms with van der Waals surface area (Å²) in [5.41, 5.74) is 0.546. The normalized spacial score (nSPS) is 21.4. The first-order valence-corrected chi connectivity index (χ1v) is 6.56. The summed E-state index contributed by atoms with van der Waals surface area (Å²) in [7, 11) is 0. The summed E-state index contributed by atoms with van der Waals surface area (Å²) >= 11 is 0. The van der Waals surface area contributed by atoms with Gasteiger partial charge in [-0.15, -0.1) is 0 Å². The predicted octanol–water partition coefficient (Wildman–Crippen LogP) is 1.75. The third-order valence-corrected chi connectivity index (χ3v) is 3.15. The molecule has 102 valence electrons. The van der Waals surface area contributed by atoms with Crippen LogP contribution in [0, 0.1) is 5.92 Å². The van der Waals surface area contributed by atoms with Crippen LogP contribution in [0.2, 0.25) is 0 Å². The van der Waals surface area contributed by atoms with Crippen molar-refractivity contribution in [2.75, 3.05) is 13.2 Å². The molecule has 1 aromatic carbocycles. The molecular formula is C15H19NO3. The van der Waals surface area contributed by atoms with Crippen LogP contribution in [-0.4, -0.2) is 30.3 Å². The van der Waals surface area contributed by atoms with Gasteiger partial charge in [-0.25, -0.2) is 0 Å². The van der Waals surface area contributed by atoms with E-state index in [4.69, 9.17) is 9.84 Å². The van der Waals surface area contributed by atoms with Crippen molar-refractivity contribution >= 4 is 5.91 Å². The Morgan fingerprint density at radius 3 is 2.89 bits per heavy atom. The summed E-state index contributed by atoms with van der Waals surface area (Å²) in [4.78, 5) is 12.2. The van der Waals surface area contributed by atoms with E-state index in [0.29, 0.717) is 17.9 Å². The van der Waals surface area contributed by atoms with Gasteiger partial charge in [0.15, 0.2) is 0 Å². The lowest BCUT2D eigenvalue weighted by atomic mass is 10.1. The molecule has 1 amide bonds. The van der Waals surface area contributed by atoms with Crippen LogP contribution < -0.4 is 10.1 Å². The number of amides is 1. The van der Waals surface area contributed by atoms with Crippen LogP contribution in [0.15, 0.2) is 36.4 Å². The molecular weight excluding hydrogens is 242 g/mol. The molecule has 2 rings (SSSR count). The van der Waals surface area contributed by atoms with Crippen LogP contribution in [0.3, 0.4) is 0 Å². The van der Waals surface area contributed by atoms with E-state index < -0.39 is 0 Å². The Hall–Kier alpha value is -1.81. The van der Waals surface area contributed by atoms with Gasteiger partial charge in [0.1, 0.15) is 5.75 Å². The van der Waals surface area contributed by atoms with E-state index in [9.17, 15) is 4.79 Å². The second kappa shape index (κ2) is 6.38. The fourth-order valence-corrected chi connectivity index (χ4v) is 2.20. The number of aliphatic hydroxyl groups is 1. The van der Waals surface area contributed by atoms with Crippen LogP contribution in [0.1, 0.15) is 23.7 Å². The number of hydrogen-bond acceptors (Lipinski definition) is 3. The average molecular weight is 261 g/mol. The van der Waals surface area contributed by atoms with Crippen LogP contribution >= 0.6 is 0 Å². The Balaban J connectivity index is 2.02. The lowest BCUT2D eigenvalue weighted by Crippen LogP contribution is -2.33. The van der Waals surface area contributed by atoms with Crippen molar-refractivity contribution in [3.05, 3.63) is 42.0 Å². The Kier molecular flexibility index (Phi) is 4.58. The number of para-hydroxylation sites is 1. The van der Waals surface area contributed by atoms with Gasteiger partial charge in [-0.2, -0.15) is 0 Å². The molecule has 0 fully saturated rings. The molecule has 1 aliphatic carbocycles. The lowest BCUT2D eigenvalue weighted by Gasteiger charge is -2.14. The van der Waals surface area contributed by atoms with E-state index in [1.54, 1.807) is 12.1 Å². The smallest absolute Gasteiger partial charge is 0.255 e. The summed E-state index contributed by atoms with van der Waals surface area (Å²) in [5, 5.41) is 12.0. The molecule has 0 unspecified atom stereocenters. The highest BCUT2D eigenvalue weighted by Crippen LogP contribution is 2.20. The van der Waals surface area contributed by atoms with Gasteiger partial charge in [0.2, 0.25) is 0 Å². The third-order valence-electron chi connectivity index (χ3n) is 3.15. The van der Waals surface area contributed by atoms with Gasteiger partial charge in [-0.3, -0.25) is 4.79 Å². The fraction of sp³-hybridized carbons (Fsp3) is 0.400. The Morgan fingerprint density at radius 1 is 1.42 bits per heavy atom. The first kappa shape index (κ1) is 13.6. The van der Waals surface area contributed by atoms with Crippen LogP contribution in [0.5, 0.6) is 5.75 Å². The zero-order chi connectivity index (χ0) is 13.7. The topological polar surface area (TPSA) is 58.6 Å². The minimum Gasteiger partial charge on any atom is -0.493 e. The molecule has 4 nitrogen and oxygen atoms in total.